The van der Waals surface area contributed by atoms with Gasteiger partial charge in [-0.25, -0.2) is 4.98 Å². The first kappa shape index (κ1) is 19.4. The average molecular weight is 419 g/mol. The van der Waals surface area contributed by atoms with E-state index in [1.54, 1.807) is 11.3 Å². The van der Waals surface area contributed by atoms with Crippen molar-refractivity contribution in [3.05, 3.63) is 70.6 Å². The molecular formula is C24H26N4OS. The number of hydrogen-bond acceptors (Lipinski definition) is 5. The van der Waals surface area contributed by atoms with Gasteiger partial charge in [0.2, 0.25) is 0 Å². The number of hydrogen-bond donors (Lipinski definition) is 1. The highest BCUT2D eigenvalue weighted by Crippen LogP contribution is 2.56. The van der Waals surface area contributed by atoms with E-state index in [-0.39, 0.29) is 23.4 Å². The molecule has 1 saturated carbocycles. The fourth-order valence-corrected chi connectivity index (χ4v) is 5.46. The Bertz CT molecular complexity index is 1070. The standard InChI is InChI=1S/C24H26N4OS/c1-15-8-9-18(26-13-15)20(25)19-12-24(10-11-24)14-28(19)23(29)21-22(30-16(2)27-21)17-6-4-3-5-7-17/h3-9,13,19-20H,10-12,14,25H2,1-2H3. The molecule has 2 N–H and O–H groups in total. The Morgan fingerprint density at radius 2 is 1.97 bits per heavy atom. The normalized spacial score (nSPS) is 20.5. The predicted molar refractivity (Wildman–Crippen MR) is 119 cm³/mol. The molecule has 2 aliphatic rings. The zero-order valence-electron chi connectivity index (χ0n) is 17.3. The summed E-state index contributed by atoms with van der Waals surface area (Å²) in [5, 5.41) is 0.901. The van der Waals surface area contributed by atoms with E-state index in [1.165, 1.54) is 12.8 Å². The molecule has 6 heteroatoms. The summed E-state index contributed by atoms with van der Waals surface area (Å²) >= 11 is 1.58. The summed E-state index contributed by atoms with van der Waals surface area (Å²) in [7, 11) is 0. The summed E-state index contributed by atoms with van der Waals surface area (Å²) in [6.07, 6.45) is 5.13. The number of pyridine rings is 1. The molecule has 154 valence electrons. The number of rotatable bonds is 4. The summed E-state index contributed by atoms with van der Waals surface area (Å²) in [6.45, 7) is 4.74. The molecule has 1 aromatic carbocycles. The molecule has 0 radical (unpaired) electrons. The van der Waals surface area contributed by atoms with Gasteiger partial charge in [0.15, 0.2) is 0 Å². The second-order valence-electron chi connectivity index (χ2n) is 8.77. The van der Waals surface area contributed by atoms with Crippen molar-refractivity contribution >= 4 is 17.2 Å². The molecule has 2 unspecified atom stereocenters. The molecule has 5 rings (SSSR count). The molecule has 1 aliphatic heterocycles. The van der Waals surface area contributed by atoms with Crippen molar-refractivity contribution in [3.8, 4) is 10.4 Å². The first-order valence-electron chi connectivity index (χ1n) is 10.5. The molecule has 3 aromatic rings. The lowest BCUT2D eigenvalue weighted by Crippen LogP contribution is -2.42. The maximum absolute atomic E-state index is 13.8. The highest BCUT2D eigenvalue weighted by Gasteiger charge is 2.55. The molecule has 2 fully saturated rings. The minimum Gasteiger partial charge on any atom is -0.332 e. The van der Waals surface area contributed by atoms with Gasteiger partial charge < -0.3 is 10.6 Å². The number of amides is 1. The zero-order valence-corrected chi connectivity index (χ0v) is 18.2. The molecule has 1 saturated heterocycles. The van der Waals surface area contributed by atoms with E-state index < -0.39 is 0 Å². The maximum atomic E-state index is 13.8. The van der Waals surface area contributed by atoms with E-state index in [4.69, 9.17) is 5.73 Å². The molecule has 3 heterocycles. The summed E-state index contributed by atoms with van der Waals surface area (Å²) in [4.78, 5) is 25.9. The van der Waals surface area contributed by atoms with Gasteiger partial charge in [0.25, 0.3) is 5.91 Å². The lowest BCUT2D eigenvalue weighted by Gasteiger charge is -2.29. The SMILES string of the molecule is Cc1ccc(C(N)C2CC3(CC3)CN2C(=O)c2nc(C)sc2-c2ccccc2)nc1. The zero-order chi connectivity index (χ0) is 20.9. The second-order valence-corrected chi connectivity index (χ2v) is 9.97. The minimum absolute atomic E-state index is 0.00506. The number of likely N-dealkylation sites (tertiary alicyclic amines) is 1. The number of carbonyl (C=O) groups excluding carboxylic acids is 1. The van der Waals surface area contributed by atoms with Crippen molar-refractivity contribution in [1.82, 2.24) is 14.9 Å². The molecule has 1 spiro atoms. The largest absolute Gasteiger partial charge is 0.332 e. The van der Waals surface area contributed by atoms with Gasteiger partial charge in [0.1, 0.15) is 5.69 Å². The van der Waals surface area contributed by atoms with Gasteiger partial charge in [-0.2, -0.15) is 0 Å². The van der Waals surface area contributed by atoms with Crippen LogP contribution in [-0.2, 0) is 0 Å². The van der Waals surface area contributed by atoms with Gasteiger partial charge in [-0.15, -0.1) is 11.3 Å². The number of nitrogens with zero attached hydrogens (tertiary/aromatic N) is 3. The molecular weight excluding hydrogens is 392 g/mol. The first-order chi connectivity index (χ1) is 14.5. The topological polar surface area (TPSA) is 72.1 Å². The lowest BCUT2D eigenvalue weighted by atomic mass is 9.96. The van der Waals surface area contributed by atoms with Crippen LogP contribution in [-0.4, -0.2) is 33.4 Å². The van der Waals surface area contributed by atoms with Crippen LogP contribution in [0.1, 0.15) is 52.1 Å². The van der Waals surface area contributed by atoms with Gasteiger partial charge in [0, 0.05) is 12.7 Å². The van der Waals surface area contributed by atoms with Crippen LogP contribution in [0.5, 0.6) is 0 Å². The van der Waals surface area contributed by atoms with E-state index in [0.29, 0.717) is 5.69 Å². The van der Waals surface area contributed by atoms with Crippen molar-refractivity contribution in [2.45, 2.75) is 45.2 Å². The number of carbonyl (C=O) groups is 1. The van der Waals surface area contributed by atoms with Crippen LogP contribution >= 0.6 is 11.3 Å². The monoisotopic (exact) mass is 418 g/mol. The van der Waals surface area contributed by atoms with E-state index in [9.17, 15) is 4.79 Å². The average Bonchev–Trinajstić information content (AvgIpc) is 3.23. The van der Waals surface area contributed by atoms with Crippen molar-refractivity contribution in [3.63, 3.8) is 0 Å². The van der Waals surface area contributed by atoms with Crippen LogP contribution in [0.2, 0.25) is 0 Å². The van der Waals surface area contributed by atoms with Crippen LogP contribution in [0.4, 0.5) is 0 Å². The Labute approximate surface area is 181 Å². The van der Waals surface area contributed by atoms with E-state index in [1.807, 2.05) is 67.4 Å². The number of benzene rings is 1. The van der Waals surface area contributed by atoms with Crippen LogP contribution in [0.15, 0.2) is 48.7 Å². The summed E-state index contributed by atoms with van der Waals surface area (Å²) in [5.41, 5.74) is 10.5. The fraction of sp³-hybridized carbons (Fsp3) is 0.375. The summed E-state index contributed by atoms with van der Waals surface area (Å²) < 4.78 is 0. The van der Waals surface area contributed by atoms with Crippen LogP contribution in [0.25, 0.3) is 10.4 Å². The highest BCUT2D eigenvalue weighted by molar-refractivity contribution is 7.15. The molecule has 1 aliphatic carbocycles. The fourth-order valence-electron chi connectivity index (χ4n) is 4.55. The van der Waals surface area contributed by atoms with Gasteiger partial charge >= 0.3 is 0 Å². The third kappa shape index (κ3) is 3.44. The lowest BCUT2D eigenvalue weighted by molar-refractivity contribution is 0.0706. The molecule has 2 atom stereocenters. The second kappa shape index (κ2) is 7.29. The third-order valence-corrected chi connectivity index (χ3v) is 7.45. The van der Waals surface area contributed by atoms with Gasteiger partial charge in [-0.1, -0.05) is 36.4 Å². The first-order valence-corrected chi connectivity index (χ1v) is 11.3. The Morgan fingerprint density at radius 1 is 1.20 bits per heavy atom. The van der Waals surface area contributed by atoms with Crippen molar-refractivity contribution in [2.75, 3.05) is 6.54 Å². The van der Waals surface area contributed by atoms with Crippen LogP contribution < -0.4 is 5.73 Å². The molecule has 1 amide bonds. The molecule has 0 bridgehead atoms. The van der Waals surface area contributed by atoms with Crippen LogP contribution in [0.3, 0.4) is 0 Å². The molecule has 30 heavy (non-hydrogen) atoms. The third-order valence-electron chi connectivity index (χ3n) is 6.43. The molecule has 5 nitrogen and oxygen atoms in total. The Morgan fingerprint density at radius 3 is 2.63 bits per heavy atom. The smallest absolute Gasteiger partial charge is 0.274 e. The summed E-state index contributed by atoms with van der Waals surface area (Å²) in [6, 6.07) is 13.7. The van der Waals surface area contributed by atoms with E-state index >= 15 is 0 Å². The van der Waals surface area contributed by atoms with Gasteiger partial charge in [-0.05, 0) is 55.7 Å². The van der Waals surface area contributed by atoms with Crippen molar-refractivity contribution < 1.29 is 4.79 Å². The number of aromatic nitrogens is 2. The minimum atomic E-state index is -0.297. The molecule has 2 aromatic heterocycles. The van der Waals surface area contributed by atoms with Crippen molar-refractivity contribution in [1.29, 1.82) is 0 Å². The Kier molecular flexibility index (Phi) is 4.71. The summed E-state index contributed by atoms with van der Waals surface area (Å²) in [5.74, 6) is -0.00506. The predicted octanol–water partition coefficient (Wildman–Crippen LogP) is 4.52. The quantitative estimate of drug-likeness (QED) is 0.676. The van der Waals surface area contributed by atoms with Gasteiger partial charge in [0.05, 0.1) is 27.7 Å². The maximum Gasteiger partial charge on any atom is 0.274 e. The number of thiazole rings is 1. The van der Waals surface area contributed by atoms with E-state index in [0.717, 1.165) is 39.7 Å². The number of nitrogens with two attached hydrogens (primary N) is 1. The number of aryl methyl sites for hydroxylation is 2. The Balaban J connectivity index is 1.49. The van der Waals surface area contributed by atoms with Crippen molar-refractivity contribution in [2.24, 2.45) is 11.1 Å². The van der Waals surface area contributed by atoms with E-state index in [2.05, 4.69) is 9.97 Å². The van der Waals surface area contributed by atoms with Gasteiger partial charge in [-0.3, -0.25) is 9.78 Å². The Hall–Kier alpha value is -2.57. The van der Waals surface area contributed by atoms with Crippen LogP contribution in [0, 0.1) is 19.3 Å². The highest BCUT2D eigenvalue weighted by atomic mass is 32.1.